The smallest absolute Gasteiger partial charge is 0.407 e. The molecule has 0 saturated carbocycles. The highest BCUT2D eigenvalue weighted by molar-refractivity contribution is 5.67. The van der Waals surface area contributed by atoms with Gasteiger partial charge in [-0.1, -0.05) is 6.92 Å². The number of carbonyl (C=O) groups is 1. The molecule has 0 aliphatic carbocycles. The van der Waals surface area contributed by atoms with Crippen molar-refractivity contribution in [1.29, 1.82) is 0 Å². The lowest BCUT2D eigenvalue weighted by Crippen LogP contribution is -2.50. The second kappa shape index (κ2) is 5.07. The lowest BCUT2D eigenvalue weighted by molar-refractivity contribution is 0.141. The molecule has 1 heterocycles. The first-order chi connectivity index (χ1) is 6.24. The molecule has 2 atom stereocenters. The van der Waals surface area contributed by atoms with Gasteiger partial charge in [0.25, 0.3) is 0 Å². The predicted molar refractivity (Wildman–Crippen MR) is 50.6 cm³/mol. The Bertz CT molecular complexity index is 173. The second-order valence-corrected chi connectivity index (χ2v) is 3.44. The Morgan fingerprint density at radius 2 is 2.46 bits per heavy atom. The molecule has 0 bridgehead atoms. The van der Waals surface area contributed by atoms with Gasteiger partial charge in [-0.15, -0.1) is 0 Å². The van der Waals surface area contributed by atoms with E-state index in [-0.39, 0.29) is 12.1 Å². The quantitative estimate of drug-likeness (QED) is 0.668. The van der Waals surface area contributed by atoms with Crippen LogP contribution in [0.15, 0.2) is 0 Å². The molecule has 0 aromatic heterocycles. The van der Waals surface area contributed by atoms with Crippen molar-refractivity contribution in [2.45, 2.75) is 26.3 Å². The average Bonchev–Trinajstić information content (AvgIpc) is 2.09. The average molecular weight is 186 g/mol. The molecule has 76 valence electrons. The first kappa shape index (κ1) is 10.3. The molecule has 1 saturated heterocycles. The van der Waals surface area contributed by atoms with Crippen LogP contribution in [-0.4, -0.2) is 31.8 Å². The van der Waals surface area contributed by atoms with E-state index in [9.17, 15) is 4.79 Å². The first-order valence-electron chi connectivity index (χ1n) is 4.88. The molecular weight excluding hydrogens is 168 g/mol. The summed E-state index contributed by atoms with van der Waals surface area (Å²) in [6, 6.07) is 0.216. The van der Waals surface area contributed by atoms with E-state index in [0.717, 1.165) is 19.5 Å². The number of alkyl carbamates (subject to hydrolysis) is 1. The van der Waals surface area contributed by atoms with E-state index < -0.39 is 0 Å². The van der Waals surface area contributed by atoms with Crippen LogP contribution >= 0.6 is 0 Å². The van der Waals surface area contributed by atoms with E-state index in [1.54, 1.807) is 0 Å². The third-order valence-corrected chi connectivity index (χ3v) is 2.41. The fourth-order valence-corrected chi connectivity index (χ4v) is 1.51. The van der Waals surface area contributed by atoms with Crippen molar-refractivity contribution in [3.05, 3.63) is 0 Å². The van der Waals surface area contributed by atoms with Crippen LogP contribution in [0.2, 0.25) is 0 Å². The zero-order valence-corrected chi connectivity index (χ0v) is 8.30. The molecule has 4 nitrogen and oxygen atoms in total. The van der Waals surface area contributed by atoms with Crippen LogP contribution in [0, 0.1) is 5.92 Å². The van der Waals surface area contributed by atoms with Gasteiger partial charge in [-0.25, -0.2) is 4.79 Å². The summed E-state index contributed by atoms with van der Waals surface area (Å²) in [5, 5.41) is 6.09. The molecule has 4 heteroatoms. The highest BCUT2D eigenvalue weighted by Gasteiger charge is 2.22. The number of carbonyl (C=O) groups excluding carboxylic acids is 1. The summed E-state index contributed by atoms with van der Waals surface area (Å²) >= 11 is 0. The van der Waals surface area contributed by atoms with Crippen molar-refractivity contribution in [3.63, 3.8) is 0 Å². The minimum absolute atomic E-state index is 0.216. The molecule has 1 aliphatic heterocycles. The minimum Gasteiger partial charge on any atom is -0.450 e. The molecule has 0 spiro atoms. The van der Waals surface area contributed by atoms with E-state index in [1.807, 2.05) is 6.92 Å². The number of amides is 1. The van der Waals surface area contributed by atoms with Gasteiger partial charge in [-0.05, 0) is 25.8 Å². The van der Waals surface area contributed by atoms with E-state index in [0.29, 0.717) is 12.5 Å². The van der Waals surface area contributed by atoms with Crippen molar-refractivity contribution in [2.75, 3.05) is 19.7 Å². The lowest BCUT2D eigenvalue weighted by atomic mass is 9.95. The molecule has 1 fully saturated rings. The van der Waals surface area contributed by atoms with E-state index in [2.05, 4.69) is 17.6 Å². The molecule has 1 rings (SSSR count). The van der Waals surface area contributed by atoms with Gasteiger partial charge >= 0.3 is 6.09 Å². The minimum atomic E-state index is -0.303. The molecular formula is C9H18N2O2. The third-order valence-electron chi connectivity index (χ3n) is 2.41. The highest BCUT2D eigenvalue weighted by atomic mass is 16.5. The van der Waals surface area contributed by atoms with Gasteiger partial charge in [0.1, 0.15) is 0 Å². The second-order valence-electron chi connectivity index (χ2n) is 3.44. The van der Waals surface area contributed by atoms with Crippen LogP contribution in [0.1, 0.15) is 20.3 Å². The molecule has 2 N–H and O–H groups in total. The Balaban J connectivity index is 2.29. The Labute approximate surface area is 79.0 Å². The summed E-state index contributed by atoms with van der Waals surface area (Å²) in [5.41, 5.74) is 0. The van der Waals surface area contributed by atoms with Crippen molar-refractivity contribution < 1.29 is 9.53 Å². The maximum absolute atomic E-state index is 11.1. The maximum atomic E-state index is 11.1. The summed E-state index contributed by atoms with van der Waals surface area (Å²) in [5.74, 6) is 0.533. The largest absolute Gasteiger partial charge is 0.450 e. The maximum Gasteiger partial charge on any atom is 0.407 e. The van der Waals surface area contributed by atoms with Gasteiger partial charge in [0.05, 0.1) is 6.61 Å². The Hall–Kier alpha value is -0.770. The third kappa shape index (κ3) is 3.22. The molecule has 13 heavy (non-hydrogen) atoms. The van der Waals surface area contributed by atoms with Gasteiger partial charge in [-0.3, -0.25) is 0 Å². The van der Waals surface area contributed by atoms with Crippen molar-refractivity contribution in [1.82, 2.24) is 10.6 Å². The van der Waals surface area contributed by atoms with Crippen LogP contribution in [0.3, 0.4) is 0 Å². The number of piperidine rings is 1. The molecule has 0 aromatic carbocycles. The molecule has 1 amide bonds. The van der Waals surface area contributed by atoms with Crippen LogP contribution in [0.25, 0.3) is 0 Å². The van der Waals surface area contributed by atoms with Gasteiger partial charge in [0, 0.05) is 12.6 Å². The van der Waals surface area contributed by atoms with Crippen LogP contribution in [0.4, 0.5) is 4.79 Å². The summed E-state index contributed by atoms with van der Waals surface area (Å²) in [7, 11) is 0. The SMILES string of the molecule is CCOC(=O)NC1CNCCC1C. The van der Waals surface area contributed by atoms with E-state index in [1.165, 1.54) is 0 Å². The predicted octanol–water partition coefficient (Wildman–Crippen LogP) is 0.730. The van der Waals surface area contributed by atoms with Crippen molar-refractivity contribution in [2.24, 2.45) is 5.92 Å². The molecule has 2 unspecified atom stereocenters. The van der Waals surface area contributed by atoms with Gasteiger partial charge < -0.3 is 15.4 Å². The summed E-state index contributed by atoms with van der Waals surface area (Å²) in [6.45, 7) is 6.28. The first-order valence-corrected chi connectivity index (χ1v) is 4.88. The van der Waals surface area contributed by atoms with Gasteiger partial charge in [0.2, 0.25) is 0 Å². The summed E-state index contributed by atoms with van der Waals surface area (Å²) in [4.78, 5) is 11.1. The van der Waals surface area contributed by atoms with E-state index in [4.69, 9.17) is 4.74 Å². The number of hydrogen-bond donors (Lipinski definition) is 2. The van der Waals surface area contributed by atoms with Crippen molar-refractivity contribution in [3.8, 4) is 0 Å². The monoisotopic (exact) mass is 186 g/mol. The molecule has 0 radical (unpaired) electrons. The Morgan fingerprint density at radius 1 is 1.69 bits per heavy atom. The zero-order chi connectivity index (χ0) is 9.68. The number of hydrogen-bond acceptors (Lipinski definition) is 3. The van der Waals surface area contributed by atoms with Crippen molar-refractivity contribution >= 4 is 6.09 Å². The number of ether oxygens (including phenoxy) is 1. The highest BCUT2D eigenvalue weighted by Crippen LogP contribution is 2.10. The van der Waals surface area contributed by atoms with Gasteiger partial charge in [-0.2, -0.15) is 0 Å². The summed E-state index contributed by atoms with van der Waals surface area (Å²) < 4.78 is 4.82. The lowest BCUT2D eigenvalue weighted by Gasteiger charge is -2.29. The molecule has 0 aromatic rings. The number of rotatable bonds is 2. The number of nitrogens with one attached hydrogen (secondary N) is 2. The van der Waals surface area contributed by atoms with Crippen LogP contribution < -0.4 is 10.6 Å². The zero-order valence-electron chi connectivity index (χ0n) is 8.30. The standard InChI is InChI=1S/C9H18N2O2/c1-3-13-9(12)11-8-6-10-5-4-7(8)2/h7-8,10H,3-6H2,1-2H3,(H,11,12). The fourth-order valence-electron chi connectivity index (χ4n) is 1.51. The topological polar surface area (TPSA) is 50.4 Å². The Kier molecular flexibility index (Phi) is 4.02. The van der Waals surface area contributed by atoms with Crippen LogP contribution in [0.5, 0.6) is 0 Å². The van der Waals surface area contributed by atoms with Gasteiger partial charge in [0.15, 0.2) is 0 Å². The normalized spacial score (nSPS) is 28.2. The fraction of sp³-hybridized carbons (Fsp3) is 0.889. The summed E-state index contributed by atoms with van der Waals surface area (Å²) in [6.07, 6.45) is 0.805. The van der Waals surface area contributed by atoms with E-state index >= 15 is 0 Å². The molecule has 1 aliphatic rings. The Morgan fingerprint density at radius 3 is 3.08 bits per heavy atom. The van der Waals surface area contributed by atoms with Crippen LogP contribution in [-0.2, 0) is 4.74 Å².